The van der Waals surface area contributed by atoms with Crippen molar-refractivity contribution in [1.29, 1.82) is 0 Å². The SMILES string of the molecule is C=NC(=NC1=C(C)CN(C(C)(C)C)CC1)N1CCN(c2ncc(C(=O)C(C)(C)C)cn2)CC1. The van der Waals surface area contributed by atoms with Crippen LogP contribution in [0.1, 0.15) is 65.2 Å². The molecule has 0 N–H and O–H groups in total. The average molecular weight is 454 g/mol. The molecule has 3 heterocycles. The Balaban J connectivity index is 1.64. The van der Waals surface area contributed by atoms with Crippen LogP contribution in [0.15, 0.2) is 33.6 Å². The molecule has 8 nitrogen and oxygen atoms in total. The van der Waals surface area contributed by atoms with Crippen molar-refractivity contribution in [2.45, 2.75) is 60.4 Å². The number of aromatic nitrogens is 2. The van der Waals surface area contributed by atoms with Crippen molar-refractivity contribution in [2.75, 3.05) is 44.2 Å². The first-order valence-electron chi connectivity index (χ1n) is 11.8. The number of carbonyl (C=O) groups excluding carboxylic acids is 1. The van der Waals surface area contributed by atoms with Gasteiger partial charge in [-0.2, -0.15) is 0 Å². The first-order chi connectivity index (χ1) is 15.4. The molecule has 0 saturated carbocycles. The summed E-state index contributed by atoms with van der Waals surface area (Å²) >= 11 is 0. The second-order valence-electron chi connectivity index (χ2n) is 11.0. The van der Waals surface area contributed by atoms with Crippen LogP contribution >= 0.6 is 0 Å². The fourth-order valence-electron chi connectivity index (χ4n) is 4.10. The van der Waals surface area contributed by atoms with Crippen molar-refractivity contribution in [3.05, 3.63) is 29.2 Å². The standard InChI is InChI=1S/C25H39N7O/c1-18-17-32(25(5,6)7)10-9-20(18)29-22(26-8)30-11-13-31(14-12-30)23-27-15-19(16-28-23)21(33)24(2,3)4/h15-16H,8-14,17H2,1-7H3. The number of guanidine groups is 1. The van der Waals surface area contributed by atoms with Crippen LogP contribution < -0.4 is 4.90 Å². The van der Waals surface area contributed by atoms with Crippen LogP contribution in [0.25, 0.3) is 0 Å². The maximum absolute atomic E-state index is 12.4. The van der Waals surface area contributed by atoms with E-state index in [2.05, 4.69) is 64.1 Å². The highest BCUT2D eigenvalue weighted by molar-refractivity contribution is 5.99. The molecule has 1 fully saturated rings. The van der Waals surface area contributed by atoms with Crippen LogP contribution in [0.4, 0.5) is 5.95 Å². The molecule has 0 spiro atoms. The number of nitrogens with zero attached hydrogens (tertiary/aromatic N) is 7. The van der Waals surface area contributed by atoms with Gasteiger partial charge in [-0.25, -0.2) is 20.0 Å². The quantitative estimate of drug-likeness (QED) is 0.395. The summed E-state index contributed by atoms with van der Waals surface area (Å²) in [5, 5.41) is 0. The summed E-state index contributed by atoms with van der Waals surface area (Å²) in [6.45, 7) is 23.4. The van der Waals surface area contributed by atoms with Gasteiger partial charge in [0.05, 0.1) is 5.56 Å². The molecule has 33 heavy (non-hydrogen) atoms. The Bertz CT molecular complexity index is 927. The largest absolute Gasteiger partial charge is 0.337 e. The Morgan fingerprint density at radius 2 is 1.61 bits per heavy atom. The van der Waals surface area contributed by atoms with E-state index in [9.17, 15) is 4.79 Å². The van der Waals surface area contributed by atoms with Gasteiger partial charge in [0.1, 0.15) is 0 Å². The fraction of sp³-hybridized carbons (Fsp3) is 0.640. The van der Waals surface area contributed by atoms with E-state index in [-0.39, 0.29) is 11.3 Å². The molecule has 180 valence electrons. The number of hydrogen-bond donors (Lipinski definition) is 0. The van der Waals surface area contributed by atoms with Gasteiger partial charge >= 0.3 is 0 Å². The van der Waals surface area contributed by atoms with Crippen molar-refractivity contribution in [3.8, 4) is 0 Å². The van der Waals surface area contributed by atoms with Crippen LogP contribution in [-0.2, 0) is 0 Å². The van der Waals surface area contributed by atoms with E-state index in [1.54, 1.807) is 12.4 Å². The zero-order chi connectivity index (χ0) is 24.4. The molecule has 1 aromatic heterocycles. The van der Waals surface area contributed by atoms with Crippen LogP contribution in [0.3, 0.4) is 0 Å². The van der Waals surface area contributed by atoms with Crippen LogP contribution in [0.2, 0.25) is 0 Å². The molecular weight excluding hydrogens is 414 g/mol. The third-order valence-electron chi connectivity index (χ3n) is 6.29. The minimum absolute atomic E-state index is 0.0507. The topological polar surface area (TPSA) is 77.3 Å². The van der Waals surface area contributed by atoms with E-state index in [1.807, 2.05) is 20.8 Å². The van der Waals surface area contributed by atoms with Crippen molar-refractivity contribution in [1.82, 2.24) is 19.8 Å². The predicted octanol–water partition coefficient (Wildman–Crippen LogP) is 3.66. The molecule has 0 aromatic carbocycles. The summed E-state index contributed by atoms with van der Waals surface area (Å²) in [5.74, 6) is 1.40. The minimum atomic E-state index is -0.443. The molecule has 0 bridgehead atoms. The summed E-state index contributed by atoms with van der Waals surface area (Å²) in [5.41, 5.74) is 2.70. The number of aliphatic imine (C=N–C) groups is 2. The zero-order valence-electron chi connectivity index (χ0n) is 21.4. The number of anilines is 1. The highest BCUT2D eigenvalue weighted by Gasteiger charge is 2.27. The smallest absolute Gasteiger partial charge is 0.225 e. The van der Waals surface area contributed by atoms with Crippen molar-refractivity contribution in [3.63, 3.8) is 0 Å². The van der Waals surface area contributed by atoms with Gasteiger partial charge in [-0.3, -0.25) is 9.69 Å². The highest BCUT2D eigenvalue weighted by atomic mass is 16.1. The summed E-state index contributed by atoms with van der Waals surface area (Å²) < 4.78 is 0. The number of piperazine rings is 1. The summed E-state index contributed by atoms with van der Waals surface area (Å²) in [7, 11) is 0. The lowest BCUT2D eigenvalue weighted by Gasteiger charge is -2.39. The summed E-state index contributed by atoms with van der Waals surface area (Å²) in [4.78, 5) is 37.3. The molecular formula is C25H39N7O. The van der Waals surface area contributed by atoms with E-state index in [1.165, 1.54) is 5.57 Å². The van der Waals surface area contributed by atoms with E-state index in [4.69, 9.17) is 4.99 Å². The van der Waals surface area contributed by atoms with Crippen molar-refractivity contribution in [2.24, 2.45) is 15.4 Å². The van der Waals surface area contributed by atoms with E-state index < -0.39 is 5.41 Å². The lowest BCUT2D eigenvalue weighted by Crippen LogP contribution is -2.49. The first-order valence-corrected chi connectivity index (χ1v) is 11.8. The summed E-state index contributed by atoms with van der Waals surface area (Å²) in [6.07, 6.45) is 4.20. The molecule has 0 unspecified atom stereocenters. The highest BCUT2D eigenvalue weighted by Crippen LogP contribution is 2.25. The van der Waals surface area contributed by atoms with Gasteiger partial charge in [-0.1, -0.05) is 20.8 Å². The van der Waals surface area contributed by atoms with Gasteiger partial charge in [-0.15, -0.1) is 0 Å². The lowest BCUT2D eigenvalue weighted by atomic mass is 9.88. The molecule has 8 heteroatoms. The van der Waals surface area contributed by atoms with E-state index >= 15 is 0 Å². The molecule has 1 aromatic rings. The van der Waals surface area contributed by atoms with E-state index in [0.717, 1.165) is 51.4 Å². The van der Waals surface area contributed by atoms with Crippen molar-refractivity contribution < 1.29 is 4.79 Å². The number of rotatable bonds is 3. The molecule has 0 amide bonds. The maximum atomic E-state index is 12.4. The van der Waals surface area contributed by atoms with E-state index in [0.29, 0.717) is 17.5 Å². The Labute approximate surface area is 198 Å². The molecule has 3 rings (SSSR count). The van der Waals surface area contributed by atoms with Crippen LogP contribution in [-0.4, -0.2) is 83.0 Å². The number of carbonyl (C=O) groups is 1. The molecule has 0 aliphatic carbocycles. The van der Waals surface area contributed by atoms with Gasteiger partial charge in [0, 0.05) is 74.7 Å². The first kappa shape index (κ1) is 25.0. The molecule has 2 aliphatic rings. The molecule has 2 aliphatic heterocycles. The third-order valence-corrected chi connectivity index (χ3v) is 6.29. The maximum Gasteiger partial charge on any atom is 0.225 e. The van der Waals surface area contributed by atoms with Gasteiger partial charge in [0.25, 0.3) is 0 Å². The average Bonchev–Trinajstić information content (AvgIpc) is 2.77. The zero-order valence-corrected chi connectivity index (χ0v) is 21.4. The summed E-state index contributed by atoms with van der Waals surface area (Å²) in [6, 6.07) is 0. The molecule has 0 radical (unpaired) electrons. The fourth-order valence-corrected chi connectivity index (χ4v) is 4.10. The number of hydrogen-bond acceptors (Lipinski definition) is 6. The Hall–Kier alpha value is -2.61. The van der Waals surface area contributed by atoms with Gasteiger partial charge in [-0.05, 0) is 40.0 Å². The third kappa shape index (κ3) is 6.05. The second kappa shape index (κ2) is 9.71. The second-order valence-corrected chi connectivity index (χ2v) is 11.0. The Morgan fingerprint density at radius 1 is 1.00 bits per heavy atom. The molecule has 0 atom stereocenters. The minimum Gasteiger partial charge on any atom is -0.337 e. The Morgan fingerprint density at radius 3 is 2.09 bits per heavy atom. The van der Waals surface area contributed by atoms with Gasteiger partial charge < -0.3 is 9.80 Å². The Kier molecular flexibility index (Phi) is 7.36. The van der Waals surface area contributed by atoms with Crippen LogP contribution in [0, 0.1) is 5.41 Å². The van der Waals surface area contributed by atoms with Gasteiger partial charge in [0.2, 0.25) is 11.9 Å². The predicted molar refractivity (Wildman–Crippen MR) is 135 cm³/mol. The number of ketones is 1. The number of Topliss-reactive ketones (excluding diaryl/α,β-unsaturated/α-hetero) is 1. The van der Waals surface area contributed by atoms with Crippen molar-refractivity contribution >= 4 is 24.4 Å². The lowest BCUT2D eigenvalue weighted by molar-refractivity contribution is 0.0857. The van der Waals surface area contributed by atoms with Crippen LogP contribution in [0.5, 0.6) is 0 Å². The molecule has 1 saturated heterocycles. The van der Waals surface area contributed by atoms with Gasteiger partial charge in [0.15, 0.2) is 5.78 Å². The normalized spacial score (nSPS) is 19.2. The monoisotopic (exact) mass is 453 g/mol.